The summed E-state index contributed by atoms with van der Waals surface area (Å²) in [5.41, 5.74) is 2.03. The van der Waals surface area contributed by atoms with Crippen LogP contribution in [-0.4, -0.2) is 54.5 Å². The Labute approximate surface area is 200 Å². The van der Waals surface area contributed by atoms with E-state index in [1.807, 2.05) is 11.1 Å². The van der Waals surface area contributed by atoms with Crippen molar-refractivity contribution in [3.63, 3.8) is 0 Å². The van der Waals surface area contributed by atoms with Gasteiger partial charge in [-0.15, -0.1) is 24.0 Å². The van der Waals surface area contributed by atoms with Gasteiger partial charge < -0.3 is 20.5 Å². The molecule has 1 aromatic heterocycles. The third kappa shape index (κ3) is 5.90. The number of carbonyl (C=O) groups is 1. The van der Waals surface area contributed by atoms with Crippen LogP contribution in [0.1, 0.15) is 44.1 Å². The van der Waals surface area contributed by atoms with Crippen molar-refractivity contribution in [2.45, 2.75) is 51.0 Å². The molecule has 6 nitrogen and oxygen atoms in total. The maximum atomic E-state index is 13.5. The lowest BCUT2D eigenvalue weighted by Gasteiger charge is -2.26. The van der Waals surface area contributed by atoms with Crippen LogP contribution >= 0.6 is 24.0 Å². The molecule has 3 N–H and O–H groups in total. The van der Waals surface area contributed by atoms with E-state index in [0.717, 1.165) is 61.2 Å². The maximum absolute atomic E-state index is 13.5. The van der Waals surface area contributed by atoms with E-state index in [0.29, 0.717) is 12.5 Å². The predicted molar refractivity (Wildman–Crippen MR) is 133 cm³/mol. The second-order valence-corrected chi connectivity index (χ2v) is 8.50. The van der Waals surface area contributed by atoms with Crippen LogP contribution in [-0.2, 0) is 11.2 Å². The molecule has 1 aromatic carbocycles. The molecular weight excluding hydrogens is 508 g/mol. The average molecular weight is 541 g/mol. The van der Waals surface area contributed by atoms with Gasteiger partial charge >= 0.3 is 0 Å². The highest BCUT2D eigenvalue weighted by Gasteiger charge is 2.31. The largest absolute Gasteiger partial charge is 0.361 e. The molecule has 170 valence electrons. The topological polar surface area (TPSA) is 72.5 Å². The summed E-state index contributed by atoms with van der Waals surface area (Å²) >= 11 is 0. The molecule has 2 heterocycles. The van der Waals surface area contributed by atoms with Crippen LogP contribution in [0.15, 0.2) is 29.4 Å². The van der Waals surface area contributed by atoms with E-state index in [1.165, 1.54) is 25.3 Å². The number of hydrogen-bond donors (Lipinski definition) is 3. The van der Waals surface area contributed by atoms with Crippen molar-refractivity contribution >= 4 is 46.7 Å². The van der Waals surface area contributed by atoms with Gasteiger partial charge in [0.05, 0.1) is 0 Å². The van der Waals surface area contributed by atoms with Gasteiger partial charge in [0.2, 0.25) is 5.91 Å². The van der Waals surface area contributed by atoms with Crippen LogP contribution in [0.5, 0.6) is 0 Å². The number of aliphatic imine (C=N–C) groups is 1. The minimum absolute atomic E-state index is 0. The van der Waals surface area contributed by atoms with Crippen molar-refractivity contribution < 1.29 is 9.18 Å². The van der Waals surface area contributed by atoms with Gasteiger partial charge in [0.1, 0.15) is 5.82 Å². The molecule has 0 bridgehead atoms. The lowest BCUT2D eigenvalue weighted by molar-refractivity contribution is -0.135. The summed E-state index contributed by atoms with van der Waals surface area (Å²) in [4.78, 5) is 22.3. The molecule has 2 aromatic rings. The van der Waals surface area contributed by atoms with Crippen molar-refractivity contribution in [1.82, 2.24) is 20.5 Å². The second-order valence-electron chi connectivity index (χ2n) is 8.50. The molecule has 1 aliphatic carbocycles. The fraction of sp³-hybridized carbons (Fsp3) is 0.565. The van der Waals surface area contributed by atoms with Gasteiger partial charge in [0, 0.05) is 55.7 Å². The number of carbonyl (C=O) groups excluding carboxylic acids is 1. The fourth-order valence-corrected chi connectivity index (χ4v) is 4.75. The number of hydrogen-bond acceptors (Lipinski definition) is 2. The van der Waals surface area contributed by atoms with Crippen LogP contribution < -0.4 is 10.6 Å². The number of guanidine groups is 1. The number of benzene rings is 1. The molecule has 1 amide bonds. The van der Waals surface area contributed by atoms with Crippen molar-refractivity contribution in [2.75, 3.05) is 26.7 Å². The van der Waals surface area contributed by atoms with Gasteiger partial charge in [-0.05, 0) is 49.4 Å². The molecule has 8 heteroatoms. The van der Waals surface area contributed by atoms with E-state index in [2.05, 4.69) is 20.6 Å². The van der Waals surface area contributed by atoms with Crippen molar-refractivity contribution in [3.8, 4) is 0 Å². The number of halogens is 2. The average Bonchev–Trinajstić information content (AvgIpc) is 3.40. The molecule has 0 spiro atoms. The third-order valence-corrected chi connectivity index (χ3v) is 6.44. The highest BCUT2D eigenvalue weighted by atomic mass is 127. The molecule has 2 aliphatic rings. The lowest BCUT2D eigenvalue weighted by atomic mass is 9.88. The number of likely N-dealkylation sites (tertiary alicyclic amines) is 1. The number of amides is 1. The first kappa shape index (κ1) is 23.8. The number of nitrogens with one attached hydrogen (secondary N) is 3. The van der Waals surface area contributed by atoms with E-state index in [-0.39, 0.29) is 41.8 Å². The Morgan fingerprint density at radius 3 is 2.84 bits per heavy atom. The zero-order chi connectivity index (χ0) is 20.9. The van der Waals surface area contributed by atoms with Crippen LogP contribution in [0.2, 0.25) is 0 Å². The van der Waals surface area contributed by atoms with Gasteiger partial charge in [-0.3, -0.25) is 9.79 Å². The highest BCUT2D eigenvalue weighted by Crippen LogP contribution is 2.26. The molecule has 2 fully saturated rings. The van der Waals surface area contributed by atoms with E-state index in [1.54, 1.807) is 19.2 Å². The molecule has 31 heavy (non-hydrogen) atoms. The van der Waals surface area contributed by atoms with Crippen molar-refractivity contribution in [3.05, 3.63) is 35.8 Å². The standard InChI is InChI=1S/C23H32FN5O.HI/c1-25-23(26-11-9-17-14-27-21-8-7-18(24)13-20(17)21)28-19-10-12-29(15-19)22(30)16-5-3-2-4-6-16;/h7-8,13-14,16,19,27H,2-6,9-12,15H2,1H3,(H2,25,26,28);1H. The zero-order valence-electron chi connectivity index (χ0n) is 18.1. The predicted octanol–water partition coefficient (Wildman–Crippen LogP) is 3.81. The number of H-pyrrole nitrogens is 1. The van der Waals surface area contributed by atoms with Crippen molar-refractivity contribution in [2.24, 2.45) is 10.9 Å². The van der Waals surface area contributed by atoms with Gasteiger partial charge in [-0.25, -0.2) is 4.39 Å². The van der Waals surface area contributed by atoms with E-state index in [4.69, 9.17) is 0 Å². The van der Waals surface area contributed by atoms with Crippen LogP contribution in [0.4, 0.5) is 4.39 Å². The zero-order valence-corrected chi connectivity index (χ0v) is 20.5. The number of nitrogens with zero attached hydrogens (tertiary/aromatic N) is 2. The first-order valence-corrected chi connectivity index (χ1v) is 11.2. The summed E-state index contributed by atoms with van der Waals surface area (Å²) < 4.78 is 13.5. The number of aromatic amines is 1. The maximum Gasteiger partial charge on any atom is 0.225 e. The Hall–Kier alpha value is -1.84. The first-order chi connectivity index (χ1) is 14.6. The number of aromatic nitrogens is 1. The monoisotopic (exact) mass is 541 g/mol. The molecule has 1 saturated carbocycles. The summed E-state index contributed by atoms with van der Waals surface area (Å²) in [6, 6.07) is 5.04. The molecule has 1 aliphatic heterocycles. The minimum atomic E-state index is -0.220. The second kappa shape index (κ2) is 11.2. The Balaban J connectivity index is 0.00000272. The Morgan fingerprint density at radius 2 is 2.06 bits per heavy atom. The van der Waals surface area contributed by atoms with Gasteiger partial charge in [0.25, 0.3) is 0 Å². The van der Waals surface area contributed by atoms with Crippen LogP contribution in [0.3, 0.4) is 0 Å². The summed E-state index contributed by atoms with van der Waals surface area (Å²) in [6.45, 7) is 2.27. The first-order valence-electron chi connectivity index (χ1n) is 11.2. The summed E-state index contributed by atoms with van der Waals surface area (Å²) in [7, 11) is 1.76. The van der Waals surface area contributed by atoms with Crippen LogP contribution in [0, 0.1) is 11.7 Å². The van der Waals surface area contributed by atoms with Gasteiger partial charge in [0.15, 0.2) is 5.96 Å². The molecule has 1 unspecified atom stereocenters. The Kier molecular flexibility index (Phi) is 8.57. The fourth-order valence-electron chi connectivity index (χ4n) is 4.75. The van der Waals surface area contributed by atoms with Gasteiger partial charge in [-0.2, -0.15) is 0 Å². The number of fused-ring (bicyclic) bond motifs is 1. The third-order valence-electron chi connectivity index (χ3n) is 6.44. The molecule has 0 radical (unpaired) electrons. The van der Waals surface area contributed by atoms with Gasteiger partial charge in [-0.1, -0.05) is 19.3 Å². The Bertz CT molecular complexity index is 909. The van der Waals surface area contributed by atoms with Crippen molar-refractivity contribution in [1.29, 1.82) is 0 Å². The Morgan fingerprint density at radius 1 is 1.26 bits per heavy atom. The van der Waals surface area contributed by atoms with E-state index < -0.39 is 0 Å². The minimum Gasteiger partial charge on any atom is -0.361 e. The van der Waals surface area contributed by atoms with E-state index in [9.17, 15) is 9.18 Å². The lowest BCUT2D eigenvalue weighted by Crippen LogP contribution is -2.46. The smallest absolute Gasteiger partial charge is 0.225 e. The van der Waals surface area contributed by atoms with Crippen LogP contribution in [0.25, 0.3) is 10.9 Å². The SMILES string of the molecule is CN=C(NCCc1c[nH]c2ccc(F)cc12)NC1CCN(C(=O)C2CCCCC2)C1.I. The summed E-state index contributed by atoms with van der Waals surface area (Å²) in [6.07, 6.45) is 9.39. The molecule has 1 saturated heterocycles. The van der Waals surface area contributed by atoms with E-state index >= 15 is 0 Å². The summed E-state index contributed by atoms with van der Waals surface area (Å²) in [5, 5.41) is 7.73. The highest BCUT2D eigenvalue weighted by molar-refractivity contribution is 14.0. The number of rotatable bonds is 5. The molecular formula is C23H33FIN5O. The quantitative estimate of drug-likeness (QED) is 0.306. The summed E-state index contributed by atoms with van der Waals surface area (Å²) in [5.74, 6) is 1.10. The molecule has 1 atom stereocenters. The molecule has 4 rings (SSSR count). The normalized spacial score (nSPS) is 20.0.